The third-order valence-electron chi connectivity index (χ3n) is 5.31. The van der Waals surface area contributed by atoms with Crippen LogP contribution in [-0.2, 0) is 4.74 Å². The van der Waals surface area contributed by atoms with Crippen molar-refractivity contribution in [3.63, 3.8) is 0 Å². The van der Waals surface area contributed by atoms with Gasteiger partial charge in [-0.3, -0.25) is 0 Å². The lowest BCUT2D eigenvalue weighted by Gasteiger charge is -2.35. The standard InChI is InChI=1S/2C13H17BrO/c1-13(2)8-7-12(15-9-13)10-5-3-4-6-11(10)14;1-13(2,10-15)9-5-7-11-6-3-4-8-12(11)14/h3-6,12H,7-9H2,1-2H3;3-8,15H,9-10H2,1-2H3. The maximum atomic E-state index is 9.10. The van der Waals surface area contributed by atoms with E-state index >= 15 is 0 Å². The Morgan fingerprint density at radius 1 is 1.07 bits per heavy atom. The molecule has 30 heavy (non-hydrogen) atoms. The molecule has 0 radical (unpaired) electrons. The van der Waals surface area contributed by atoms with Gasteiger partial charge in [0.2, 0.25) is 0 Å². The highest BCUT2D eigenvalue weighted by molar-refractivity contribution is 9.10. The summed E-state index contributed by atoms with van der Waals surface area (Å²) in [4.78, 5) is 0. The largest absolute Gasteiger partial charge is 0.396 e. The molecule has 0 bridgehead atoms. The molecule has 0 amide bonds. The Morgan fingerprint density at radius 2 is 1.70 bits per heavy atom. The van der Waals surface area contributed by atoms with Crippen LogP contribution in [0.2, 0.25) is 0 Å². The Kier molecular flexibility index (Phi) is 9.80. The zero-order valence-corrected chi connectivity index (χ0v) is 21.7. The smallest absolute Gasteiger partial charge is 0.0836 e. The third-order valence-corrected chi connectivity index (χ3v) is 6.76. The van der Waals surface area contributed by atoms with E-state index in [0.29, 0.717) is 5.41 Å². The summed E-state index contributed by atoms with van der Waals surface area (Å²) in [5, 5.41) is 9.10. The van der Waals surface area contributed by atoms with Gasteiger partial charge in [-0.25, -0.2) is 0 Å². The van der Waals surface area contributed by atoms with Crippen LogP contribution in [0.1, 0.15) is 64.2 Å². The number of aliphatic hydroxyl groups is 1. The Balaban J connectivity index is 0.000000214. The molecule has 1 heterocycles. The van der Waals surface area contributed by atoms with E-state index in [9.17, 15) is 0 Å². The number of ether oxygens (including phenoxy) is 1. The number of allylic oxidation sites excluding steroid dienone is 1. The summed E-state index contributed by atoms with van der Waals surface area (Å²) < 4.78 is 8.19. The monoisotopic (exact) mass is 536 g/mol. The molecule has 1 N–H and O–H groups in total. The second kappa shape index (κ2) is 11.6. The van der Waals surface area contributed by atoms with Gasteiger partial charge in [0.05, 0.1) is 12.7 Å². The van der Waals surface area contributed by atoms with Gasteiger partial charge in [0, 0.05) is 15.6 Å². The van der Waals surface area contributed by atoms with Gasteiger partial charge >= 0.3 is 0 Å². The molecule has 0 spiro atoms. The van der Waals surface area contributed by atoms with Gasteiger partial charge < -0.3 is 9.84 Å². The fraction of sp³-hybridized carbons (Fsp3) is 0.462. The summed E-state index contributed by atoms with van der Waals surface area (Å²) in [5.41, 5.74) is 2.77. The Hall–Kier alpha value is -0.940. The van der Waals surface area contributed by atoms with E-state index in [-0.39, 0.29) is 18.1 Å². The minimum Gasteiger partial charge on any atom is -0.396 e. The number of hydrogen-bond donors (Lipinski definition) is 1. The average Bonchev–Trinajstić information content (AvgIpc) is 2.71. The van der Waals surface area contributed by atoms with Crippen molar-refractivity contribution in [2.75, 3.05) is 13.2 Å². The van der Waals surface area contributed by atoms with E-state index in [0.717, 1.165) is 28.4 Å². The molecule has 1 aliphatic rings. The molecule has 164 valence electrons. The number of hydrogen-bond acceptors (Lipinski definition) is 2. The van der Waals surface area contributed by atoms with Crippen LogP contribution in [0.15, 0.2) is 63.6 Å². The molecule has 0 aliphatic carbocycles. The topological polar surface area (TPSA) is 29.5 Å². The van der Waals surface area contributed by atoms with Crippen molar-refractivity contribution in [2.24, 2.45) is 10.8 Å². The second-order valence-electron chi connectivity index (χ2n) is 9.47. The van der Waals surface area contributed by atoms with Crippen LogP contribution in [0, 0.1) is 10.8 Å². The van der Waals surface area contributed by atoms with Crippen molar-refractivity contribution in [1.29, 1.82) is 0 Å². The highest BCUT2D eigenvalue weighted by atomic mass is 79.9. The molecule has 4 heteroatoms. The van der Waals surface area contributed by atoms with Gasteiger partial charge in [-0.1, -0.05) is 108 Å². The molecule has 1 atom stereocenters. The summed E-state index contributed by atoms with van der Waals surface area (Å²) in [7, 11) is 0. The first kappa shape index (κ1) is 25.3. The van der Waals surface area contributed by atoms with Crippen LogP contribution in [0.5, 0.6) is 0 Å². The Bertz CT molecular complexity index is 817. The van der Waals surface area contributed by atoms with Gasteiger partial charge in [-0.15, -0.1) is 0 Å². The van der Waals surface area contributed by atoms with Gasteiger partial charge in [-0.2, -0.15) is 0 Å². The molecule has 2 aromatic carbocycles. The van der Waals surface area contributed by atoms with Crippen LogP contribution in [0.25, 0.3) is 6.08 Å². The van der Waals surface area contributed by atoms with E-state index in [2.05, 4.69) is 96.0 Å². The lowest BCUT2D eigenvalue weighted by Crippen LogP contribution is -2.27. The molecule has 1 saturated heterocycles. The first-order valence-electron chi connectivity index (χ1n) is 10.5. The normalized spacial score (nSPS) is 18.7. The summed E-state index contributed by atoms with van der Waals surface area (Å²) in [6.45, 7) is 9.72. The van der Waals surface area contributed by atoms with Gasteiger partial charge in [0.25, 0.3) is 0 Å². The molecule has 1 unspecified atom stereocenters. The van der Waals surface area contributed by atoms with Crippen molar-refractivity contribution >= 4 is 37.9 Å². The number of aliphatic hydroxyl groups excluding tert-OH is 1. The lowest BCUT2D eigenvalue weighted by molar-refractivity contribution is -0.0501. The fourth-order valence-corrected chi connectivity index (χ4v) is 4.12. The van der Waals surface area contributed by atoms with E-state index in [1.165, 1.54) is 17.5 Å². The summed E-state index contributed by atoms with van der Waals surface area (Å²) in [6.07, 6.45) is 7.70. The van der Waals surface area contributed by atoms with Crippen LogP contribution >= 0.6 is 31.9 Å². The minimum absolute atomic E-state index is 0.0300. The zero-order valence-electron chi connectivity index (χ0n) is 18.5. The minimum atomic E-state index is -0.0300. The predicted molar refractivity (Wildman–Crippen MR) is 135 cm³/mol. The van der Waals surface area contributed by atoms with Crippen LogP contribution in [0.4, 0.5) is 0 Å². The van der Waals surface area contributed by atoms with Crippen molar-refractivity contribution in [3.8, 4) is 0 Å². The summed E-state index contributed by atoms with van der Waals surface area (Å²) in [6, 6.07) is 16.4. The highest BCUT2D eigenvalue weighted by Crippen LogP contribution is 2.39. The zero-order chi connectivity index (χ0) is 22.2. The van der Waals surface area contributed by atoms with Crippen molar-refractivity contribution in [3.05, 3.63) is 74.7 Å². The first-order valence-corrected chi connectivity index (χ1v) is 12.1. The molecular weight excluding hydrogens is 504 g/mol. The van der Waals surface area contributed by atoms with E-state index in [1.54, 1.807) is 0 Å². The first-order chi connectivity index (χ1) is 14.1. The van der Waals surface area contributed by atoms with Crippen LogP contribution in [0.3, 0.4) is 0 Å². The molecule has 2 aromatic rings. The fourth-order valence-electron chi connectivity index (χ4n) is 3.16. The molecule has 1 aliphatic heterocycles. The Labute approximate surface area is 199 Å². The van der Waals surface area contributed by atoms with Gasteiger partial charge in [0.1, 0.15) is 0 Å². The average molecular weight is 538 g/mol. The predicted octanol–water partition coefficient (Wildman–Crippen LogP) is 8.20. The molecule has 2 nitrogen and oxygen atoms in total. The van der Waals surface area contributed by atoms with E-state index in [4.69, 9.17) is 9.84 Å². The molecule has 1 fully saturated rings. The van der Waals surface area contributed by atoms with Gasteiger partial charge in [0.15, 0.2) is 0 Å². The van der Waals surface area contributed by atoms with Crippen LogP contribution in [-0.4, -0.2) is 18.3 Å². The lowest BCUT2D eigenvalue weighted by atomic mass is 9.84. The maximum Gasteiger partial charge on any atom is 0.0836 e. The second-order valence-corrected chi connectivity index (χ2v) is 11.2. The number of rotatable bonds is 5. The molecule has 3 rings (SSSR count). The van der Waals surface area contributed by atoms with Crippen LogP contribution < -0.4 is 0 Å². The quantitative estimate of drug-likeness (QED) is 0.416. The number of halogens is 2. The molecule has 0 saturated carbocycles. The summed E-state index contributed by atoms with van der Waals surface area (Å²) in [5.74, 6) is 0. The SMILES string of the molecule is CC(C)(CO)CC=Cc1ccccc1Br.CC1(C)CCC(c2ccccc2Br)OC1. The Morgan fingerprint density at radius 3 is 2.27 bits per heavy atom. The van der Waals surface area contributed by atoms with Gasteiger partial charge in [-0.05, 0) is 53.4 Å². The van der Waals surface area contributed by atoms with E-state index < -0.39 is 0 Å². The summed E-state index contributed by atoms with van der Waals surface area (Å²) >= 11 is 7.07. The van der Waals surface area contributed by atoms with Crippen molar-refractivity contribution in [1.82, 2.24) is 0 Å². The molecule has 0 aromatic heterocycles. The van der Waals surface area contributed by atoms with E-state index in [1.807, 2.05) is 24.3 Å². The highest BCUT2D eigenvalue weighted by Gasteiger charge is 2.29. The maximum absolute atomic E-state index is 9.10. The van der Waals surface area contributed by atoms with Crippen molar-refractivity contribution in [2.45, 2.75) is 53.1 Å². The molecular formula is C26H34Br2O2. The number of benzene rings is 2. The third kappa shape index (κ3) is 8.30. The van der Waals surface area contributed by atoms with Crippen molar-refractivity contribution < 1.29 is 9.84 Å².